The van der Waals surface area contributed by atoms with Crippen LogP contribution in [0.5, 0.6) is 0 Å². The van der Waals surface area contributed by atoms with Crippen molar-refractivity contribution in [2.75, 3.05) is 39.8 Å². The van der Waals surface area contributed by atoms with Gasteiger partial charge in [0.15, 0.2) is 6.17 Å². The predicted molar refractivity (Wildman–Crippen MR) is 131 cm³/mol. The van der Waals surface area contributed by atoms with E-state index in [9.17, 15) is 9.59 Å². The third-order valence-electron chi connectivity index (χ3n) is 5.78. The number of urea groups is 2. The third kappa shape index (κ3) is 8.54. The van der Waals surface area contributed by atoms with Gasteiger partial charge < -0.3 is 19.1 Å². The van der Waals surface area contributed by atoms with Gasteiger partial charge in [0.1, 0.15) is 33.2 Å². The van der Waals surface area contributed by atoms with Crippen LogP contribution in [-0.4, -0.2) is 97.3 Å². The van der Waals surface area contributed by atoms with Gasteiger partial charge in [-0.25, -0.2) is 9.59 Å². The van der Waals surface area contributed by atoms with E-state index in [4.69, 9.17) is 19.1 Å². The van der Waals surface area contributed by atoms with Gasteiger partial charge in [-0.1, -0.05) is 53.4 Å². The van der Waals surface area contributed by atoms with Gasteiger partial charge in [-0.05, 0) is 25.7 Å². The molecule has 0 radical (unpaired) electrons. The molecule has 2 rings (SSSR count). The molecule has 0 saturated carbocycles. The van der Waals surface area contributed by atoms with Crippen LogP contribution in [-0.2, 0) is 19.1 Å². The van der Waals surface area contributed by atoms with E-state index in [2.05, 4.69) is 27.7 Å². The van der Waals surface area contributed by atoms with E-state index in [0.717, 1.165) is 51.4 Å². The maximum atomic E-state index is 13.3. The Bertz CT molecular complexity index is 522. The first kappa shape index (κ1) is 31.8. The molecule has 2 fully saturated rings. The molecule has 0 aromatic heterocycles. The van der Waals surface area contributed by atoms with E-state index >= 15 is 0 Å². The monoisotopic (exact) mass is 486 g/mol. The number of carbonyl (C=O) groups is 4. The van der Waals surface area contributed by atoms with Crippen LogP contribution < -0.4 is 0 Å². The summed E-state index contributed by atoms with van der Waals surface area (Å²) >= 11 is 0. The number of carbonyl (C=O) groups excluding carboxylic acids is 4. The van der Waals surface area contributed by atoms with E-state index in [1.807, 2.05) is 23.4 Å². The van der Waals surface area contributed by atoms with Crippen molar-refractivity contribution in [3.63, 3.8) is 0 Å². The molecule has 0 spiro atoms. The van der Waals surface area contributed by atoms with Crippen LogP contribution >= 0.6 is 0 Å². The summed E-state index contributed by atoms with van der Waals surface area (Å²) in [4.78, 5) is 49.8. The lowest BCUT2D eigenvalue weighted by Gasteiger charge is -2.29. The number of nitrogens with zero attached hydrogens (tertiary/aromatic N) is 4. The van der Waals surface area contributed by atoms with Gasteiger partial charge in [-0.2, -0.15) is 0 Å². The Hall–Kier alpha value is -2.20. The van der Waals surface area contributed by atoms with Crippen molar-refractivity contribution < 1.29 is 28.7 Å². The minimum atomic E-state index is -0.359. The van der Waals surface area contributed by atoms with Crippen molar-refractivity contribution in [3.05, 3.63) is 0 Å². The number of hydrogen-bond acceptors (Lipinski definition) is 6. The van der Waals surface area contributed by atoms with E-state index in [1.165, 1.54) is 0 Å². The van der Waals surface area contributed by atoms with Gasteiger partial charge in [0, 0.05) is 26.3 Å². The molecule has 0 bridgehead atoms. The summed E-state index contributed by atoms with van der Waals surface area (Å²) in [6.45, 7) is 15.4. The molecular formula is C24H46N4O6. The zero-order chi connectivity index (χ0) is 25.9. The van der Waals surface area contributed by atoms with Crippen LogP contribution in [0.15, 0.2) is 0 Å². The number of fused-ring (bicyclic) bond motifs is 1. The van der Waals surface area contributed by atoms with Crippen molar-refractivity contribution in [1.29, 1.82) is 0 Å². The second-order valence-electron chi connectivity index (χ2n) is 8.21. The molecule has 10 heteroatoms. The fourth-order valence-electron chi connectivity index (χ4n) is 3.96. The number of unbranched alkanes of at least 4 members (excludes halogenated alkanes) is 4. The number of rotatable bonds is 16. The third-order valence-corrected chi connectivity index (χ3v) is 5.78. The SMILES string of the molecule is C=O.C=O.CCCCOCN1C(=O)N(CCCC)C2C1N(COCCCC)C(=O)N2CCCC. The molecule has 2 saturated heterocycles. The normalized spacial score (nSPS) is 19.1. The first-order valence-electron chi connectivity index (χ1n) is 12.5. The van der Waals surface area contributed by atoms with Crippen LogP contribution in [0.3, 0.4) is 0 Å². The standard InChI is InChI=1S/C22H42N4O4.2CH2O/c1-5-9-13-23-19-20(25(21(23)27)17-29-15-11-7-3)26(18-30-16-12-8-4)22(28)24(19)14-10-6-2;2*1-2/h19-20H,5-18H2,1-4H3;2*1H2. The van der Waals surface area contributed by atoms with Crippen LogP contribution in [0.4, 0.5) is 9.59 Å². The molecule has 2 aliphatic heterocycles. The summed E-state index contributed by atoms with van der Waals surface area (Å²) in [7, 11) is 0. The number of ether oxygens (including phenoxy) is 2. The highest BCUT2D eigenvalue weighted by atomic mass is 16.5. The van der Waals surface area contributed by atoms with Gasteiger partial charge >= 0.3 is 12.1 Å². The van der Waals surface area contributed by atoms with Crippen molar-refractivity contribution in [2.45, 2.75) is 91.4 Å². The fraction of sp³-hybridized carbons (Fsp3) is 0.833. The minimum Gasteiger partial charge on any atom is -0.361 e. The highest BCUT2D eigenvalue weighted by molar-refractivity contribution is 5.85. The first-order chi connectivity index (χ1) is 16.6. The molecule has 0 unspecified atom stereocenters. The van der Waals surface area contributed by atoms with Gasteiger partial charge in [0.25, 0.3) is 0 Å². The molecule has 0 aromatic carbocycles. The first-order valence-corrected chi connectivity index (χ1v) is 12.5. The van der Waals surface area contributed by atoms with Crippen LogP contribution in [0.2, 0.25) is 0 Å². The van der Waals surface area contributed by atoms with Crippen LogP contribution in [0.25, 0.3) is 0 Å². The van der Waals surface area contributed by atoms with Crippen molar-refractivity contribution in [3.8, 4) is 0 Å². The van der Waals surface area contributed by atoms with Gasteiger partial charge in [-0.15, -0.1) is 0 Å². The molecule has 0 N–H and O–H groups in total. The van der Waals surface area contributed by atoms with Crippen molar-refractivity contribution in [1.82, 2.24) is 19.6 Å². The maximum Gasteiger partial charge on any atom is 0.325 e. The van der Waals surface area contributed by atoms with E-state index in [0.29, 0.717) is 26.3 Å². The van der Waals surface area contributed by atoms with Crippen molar-refractivity contribution >= 4 is 25.6 Å². The molecule has 4 amide bonds. The quantitative estimate of drug-likeness (QED) is 0.307. The second kappa shape index (κ2) is 19.1. The van der Waals surface area contributed by atoms with E-state index in [1.54, 1.807) is 9.80 Å². The van der Waals surface area contributed by atoms with Gasteiger partial charge in [0.05, 0.1) is 0 Å². The average molecular weight is 487 g/mol. The summed E-state index contributed by atoms with van der Waals surface area (Å²) < 4.78 is 11.6. The zero-order valence-corrected chi connectivity index (χ0v) is 21.7. The lowest BCUT2D eigenvalue weighted by molar-refractivity contribution is -0.0987. The Morgan fingerprint density at radius 1 is 0.588 bits per heavy atom. The van der Waals surface area contributed by atoms with Gasteiger partial charge in [0.2, 0.25) is 0 Å². The highest BCUT2D eigenvalue weighted by Crippen LogP contribution is 2.35. The van der Waals surface area contributed by atoms with E-state index < -0.39 is 0 Å². The molecular weight excluding hydrogens is 440 g/mol. The lowest BCUT2D eigenvalue weighted by Crippen LogP contribution is -2.48. The molecule has 2 aliphatic rings. The highest BCUT2D eigenvalue weighted by Gasteiger charge is 2.58. The topological polar surface area (TPSA) is 99.7 Å². The lowest BCUT2D eigenvalue weighted by atomic mass is 10.2. The number of amides is 4. The Morgan fingerprint density at radius 2 is 0.912 bits per heavy atom. The summed E-state index contributed by atoms with van der Waals surface area (Å²) in [5.74, 6) is 0. The summed E-state index contributed by atoms with van der Waals surface area (Å²) in [6.07, 6.45) is 7.22. The molecule has 2 heterocycles. The fourth-order valence-corrected chi connectivity index (χ4v) is 3.96. The zero-order valence-electron chi connectivity index (χ0n) is 21.7. The largest absolute Gasteiger partial charge is 0.361 e. The Balaban J connectivity index is 0.00000258. The number of hydrogen-bond donors (Lipinski definition) is 0. The molecule has 0 aliphatic carbocycles. The van der Waals surface area contributed by atoms with Crippen molar-refractivity contribution in [2.24, 2.45) is 0 Å². The minimum absolute atomic E-state index is 0.0393. The maximum absolute atomic E-state index is 13.3. The average Bonchev–Trinajstić information content (AvgIpc) is 3.29. The molecule has 0 aromatic rings. The van der Waals surface area contributed by atoms with E-state index in [-0.39, 0.29) is 37.9 Å². The second-order valence-corrected chi connectivity index (χ2v) is 8.21. The molecule has 34 heavy (non-hydrogen) atoms. The summed E-state index contributed by atoms with van der Waals surface area (Å²) in [5.41, 5.74) is 0. The van der Waals surface area contributed by atoms with Crippen LogP contribution in [0, 0.1) is 0 Å². The van der Waals surface area contributed by atoms with Crippen LogP contribution in [0.1, 0.15) is 79.1 Å². The Labute approximate surface area is 205 Å². The predicted octanol–water partition coefficient (Wildman–Crippen LogP) is 3.89. The van der Waals surface area contributed by atoms with Gasteiger partial charge in [-0.3, -0.25) is 19.6 Å². The molecule has 198 valence electrons. The molecule has 0 atom stereocenters. The summed E-state index contributed by atoms with van der Waals surface area (Å²) in [5, 5.41) is 0. The molecule has 10 nitrogen and oxygen atoms in total. The smallest absolute Gasteiger partial charge is 0.325 e. The Kier molecular flexibility index (Phi) is 17.9. The Morgan fingerprint density at radius 3 is 1.24 bits per heavy atom. The summed E-state index contributed by atoms with van der Waals surface area (Å²) in [6, 6.07) is -0.0787.